The van der Waals surface area contributed by atoms with Crippen molar-refractivity contribution >= 4 is 0 Å². The van der Waals surface area contributed by atoms with E-state index in [1.54, 1.807) is 0 Å². The fourth-order valence-electron chi connectivity index (χ4n) is 6.88. The number of rotatable bonds is 5. The van der Waals surface area contributed by atoms with Crippen LogP contribution in [0.25, 0.3) is 0 Å². The summed E-state index contributed by atoms with van der Waals surface area (Å²) in [6, 6.07) is 0. The zero-order chi connectivity index (χ0) is 20.7. The maximum atomic E-state index is 11.1. The molecule has 3 fully saturated rings. The maximum absolute atomic E-state index is 11.1. The number of aliphatic hydroxyl groups excluding tert-OH is 2. The van der Waals surface area contributed by atoms with Crippen LogP contribution in [0.1, 0.15) is 79.1 Å². The minimum Gasteiger partial charge on any atom is -0.392 e. The highest BCUT2D eigenvalue weighted by molar-refractivity contribution is 5.18. The Morgan fingerprint density at radius 2 is 1.96 bits per heavy atom. The van der Waals surface area contributed by atoms with E-state index >= 15 is 0 Å². The van der Waals surface area contributed by atoms with Crippen molar-refractivity contribution in [3.8, 4) is 0 Å². The van der Waals surface area contributed by atoms with E-state index in [1.807, 2.05) is 13.8 Å². The molecule has 3 aliphatic carbocycles. The first kappa shape index (κ1) is 22.1. The van der Waals surface area contributed by atoms with Crippen molar-refractivity contribution in [2.24, 2.45) is 35.0 Å². The van der Waals surface area contributed by atoms with E-state index in [4.69, 9.17) is 0 Å². The molecule has 0 bridgehead atoms. The molecule has 8 atom stereocenters. The molecule has 3 aliphatic rings. The van der Waals surface area contributed by atoms with Gasteiger partial charge in [-0.1, -0.05) is 32.1 Å². The second-order valence-electron chi connectivity index (χ2n) is 10.9. The molecular formula is C25H42O3. The van der Waals surface area contributed by atoms with Gasteiger partial charge in [0.05, 0.1) is 18.3 Å². The predicted octanol–water partition coefficient (Wildman–Crippen LogP) is 4.86. The molecule has 3 nitrogen and oxygen atoms in total. The Bertz CT molecular complexity index is 607. The van der Waals surface area contributed by atoms with Crippen molar-refractivity contribution in [2.45, 2.75) is 90.8 Å². The zero-order valence-electron chi connectivity index (χ0n) is 18.5. The summed E-state index contributed by atoms with van der Waals surface area (Å²) in [6.45, 7) is 13.2. The largest absolute Gasteiger partial charge is 0.392 e. The topological polar surface area (TPSA) is 60.7 Å². The van der Waals surface area contributed by atoms with E-state index < -0.39 is 11.7 Å². The van der Waals surface area contributed by atoms with E-state index in [2.05, 4.69) is 26.5 Å². The molecule has 0 aromatic rings. The summed E-state index contributed by atoms with van der Waals surface area (Å²) < 4.78 is 0. The van der Waals surface area contributed by atoms with Crippen molar-refractivity contribution in [1.82, 2.24) is 0 Å². The molecule has 160 valence electrons. The van der Waals surface area contributed by atoms with Crippen LogP contribution >= 0.6 is 0 Å². The Morgan fingerprint density at radius 1 is 1.25 bits per heavy atom. The van der Waals surface area contributed by atoms with Crippen LogP contribution < -0.4 is 0 Å². The number of fused-ring (bicyclic) bond motifs is 2. The van der Waals surface area contributed by atoms with Crippen LogP contribution in [0, 0.1) is 35.0 Å². The summed E-state index contributed by atoms with van der Waals surface area (Å²) in [5.41, 5.74) is 1.60. The summed E-state index contributed by atoms with van der Waals surface area (Å²) >= 11 is 0. The van der Waals surface area contributed by atoms with Gasteiger partial charge in [0.25, 0.3) is 0 Å². The molecule has 0 amide bonds. The van der Waals surface area contributed by atoms with Gasteiger partial charge in [0.1, 0.15) is 0 Å². The summed E-state index contributed by atoms with van der Waals surface area (Å²) in [5, 5.41) is 31.3. The lowest BCUT2D eigenvalue weighted by Crippen LogP contribution is -2.43. The molecule has 0 radical (unpaired) electrons. The standard InChI is InChI=1S/C25H42O3/c1-16(15-26)7-6-8-17(2)19-9-11-24(4)14-22-20(10-12-25(22,5)28)18(3)23(27)13-21(19)24/h7,17,19-23,26-28H,3,6,8-15H2,1-2,4-5H3/b16-7+/t17-,19+,20+,21-,22-,23-,24+,25+/m0/s1. The van der Waals surface area contributed by atoms with Crippen LogP contribution in [0.2, 0.25) is 0 Å². The first-order chi connectivity index (χ1) is 13.1. The minimum absolute atomic E-state index is 0.148. The Labute approximate surface area is 171 Å². The Balaban J connectivity index is 1.78. The molecule has 3 N–H and O–H groups in total. The van der Waals surface area contributed by atoms with E-state index in [1.165, 1.54) is 12.8 Å². The van der Waals surface area contributed by atoms with Gasteiger partial charge in [-0.15, -0.1) is 0 Å². The van der Waals surface area contributed by atoms with Crippen molar-refractivity contribution in [1.29, 1.82) is 0 Å². The summed E-state index contributed by atoms with van der Waals surface area (Å²) in [5.74, 6) is 2.22. The normalized spacial score (nSPS) is 45.3. The lowest BCUT2D eigenvalue weighted by molar-refractivity contribution is -0.0327. The van der Waals surface area contributed by atoms with Crippen molar-refractivity contribution in [2.75, 3.05) is 6.61 Å². The van der Waals surface area contributed by atoms with E-state index in [0.29, 0.717) is 17.8 Å². The highest BCUT2D eigenvalue weighted by Crippen LogP contribution is 2.61. The molecule has 0 aromatic heterocycles. The van der Waals surface area contributed by atoms with Crippen LogP contribution in [0.15, 0.2) is 23.8 Å². The van der Waals surface area contributed by atoms with Crippen LogP contribution in [-0.2, 0) is 0 Å². The van der Waals surface area contributed by atoms with E-state index in [0.717, 1.165) is 49.7 Å². The van der Waals surface area contributed by atoms with Crippen molar-refractivity contribution in [3.63, 3.8) is 0 Å². The van der Waals surface area contributed by atoms with Gasteiger partial charge in [0.15, 0.2) is 0 Å². The zero-order valence-corrected chi connectivity index (χ0v) is 18.5. The minimum atomic E-state index is -0.630. The van der Waals surface area contributed by atoms with Gasteiger partial charge in [0.2, 0.25) is 0 Å². The molecule has 0 heterocycles. The van der Waals surface area contributed by atoms with Gasteiger partial charge in [0, 0.05) is 0 Å². The highest BCUT2D eigenvalue weighted by Gasteiger charge is 2.55. The second kappa shape index (κ2) is 8.24. The molecule has 3 saturated carbocycles. The molecule has 0 aliphatic heterocycles. The molecule has 0 aromatic carbocycles. The van der Waals surface area contributed by atoms with Crippen molar-refractivity contribution in [3.05, 3.63) is 23.8 Å². The Hall–Kier alpha value is -0.640. The molecule has 3 rings (SSSR count). The fraction of sp³-hybridized carbons (Fsp3) is 0.840. The SMILES string of the molecule is C=C1[C@H]2CC[C@@](C)(O)[C@H]2C[C@@]2(C)CC[C@H]([C@@H](C)CC/C=C(\C)CO)[C@@H]2C[C@@H]1O. The molecule has 28 heavy (non-hydrogen) atoms. The van der Waals surface area contributed by atoms with Gasteiger partial charge >= 0.3 is 0 Å². The average molecular weight is 391 g/mol. The summed E-state index contributed by atoms with van der Waals surface area (Å²) in [4.78, 5) is 0. The van der Waals surface area contributed by atoms with Crippen molar-refractivity contribution < 1.29 is 15.3 Å². The quantitative estimate of drug-likeness (QED) is 0.587. The number of allylic oxidation sites excluding steroid dienone is 1. The third-order valence-electron chi connectivity index (χ3n) is 8.87. The number of hydrogen-bond donors (Lipinski definition) is 3. The Kier molecular flexibility index (Phi) is 6.49. The summed E-state index contributed by atoms with van der Waals surface area (Å²) in [6.07, 6.45) is 10.00. The van der Waals surface area contributed by atoms with Gasteiger partial charge in [-0.25, -0.2) is 0 Å². The highest BCUT2D eigenvalue weighted by atomic mass is 16.3. The molecule has 0 unspecified atom stereocenters. The fourth-order valence-corrected chi connectivity index (χ4v) is 6.88. The molecule has 0 saturated heterocycles. The lowest BCUT2D eigenvalue weighted by Gasteiger charge is -2.45. The number of aliphatic hydroxyl groups is 3. The van der Waals surface area contributed by atoms with Gasteiger partial charge < -0.3 is 15.3 Å². The molecular weight excluding hydrogens is 348 g/mol. The van der Waals surface area contributed by atoms with Gasteiger partial charge in [-0.2, -0.15) is 0 Å². The van der Waals surface area contributed by atoms with Crippen LogP contribution in [0.5, 0.6) is 0 Å². The number of hydrogen-bond acceptors (Lipinski definition) is 3. The average Bonchev–Trinajstić information content (AvgIpc) is 3.10. The van der Waals surface area contributed by atoms with Gasteiger partial charge in [-0.05, 0) is 106 Å². The van der Waals surface area contributed by atoms with Crippen LogP contribution in [-0.4, -0.2) is 33.6 Å². The smallest absolute Gasteiger partial charge is 0.0753 e. The molecule has 3 heteroatoms. The molecule has 0 spiro atoms. The first-order valence-corrected chi connectivity index (χ1v) is 11.4. The maximum Gasteiger partial charge on any atom is 0.0753 e. The monoisotopic (exact) mass is 390 g/mol. The third kappa shape index (κ3) is 4.13. The summed E-state index contributed by atoms with van der Waals surface area (Å²) in [7, 11) is 0. The lowest BCUT2D eigenvalue weighted by atomic mass is 9.61. The van der Waals surface area contributed by atoms with E-state index in [-0.39, 0.29) is 23.9 Å². The van der Waals surface area contributed by atoms with E-state index in [9.17, 15) is 15.3 Å². The van der Waals surface area contributed by atoms with Crippen LogP contribution in [0.4, 0.5) is 0 Å². The third-order valence-corrected chi connectivity index (χ3v) is 8.87. The van der Waals surface area contributed by atoms with Crippen LogP contribution in [0.3, 0.4) is 0 Å². The Morgan fingerprint density at radius 3 is 2.64 bits per heavy atom. The first-order valence-electron chi connectivity index (χ1n) is 11.4. The second-order valence-corrected chi connectivity index (χ2v) is 10.9. The predicted molar refractivity (Wildman–Crippen MR) is 115 cm³/mol. The van der Waals surface area contributed by atoms with Gasteiger partial charge in [-0.3, -0.25) is 0 Å².